The maximum Gasteiger partial charge on any atom is 0.412 e. The maximum atomic E-state index is 11.4. The zero-order valence-electron chi connectivity index (χ0n) is 9.02. The molecule has 0 radical (unpaired) electrons. The van der Waals surface area contributed by atoms with Crippen LogP contribution in [0.4, 0.5) is 4.79 Å². The fourth-order valence-electron chi connectivity index (χ4n) is 1.60. The van der Waals surface area contributed by atoms with Gasteiger partial charge in [0.2, 0.25) is 0 Å². The van der Waals surface area contributed by atoms with Crippen molar-refractivity contribution in [1.29, 1.82) is 0 Å². The molecule has 1 saturated heterocycles. The lowest BCUT2D eigenvalue weighted by Crippen LogP contribution is -2.31. The molecule has 0 saturated carbocycles. The third-order valence-corrected chi connectivity index (χ3v) is 3.74. The minimum atomic E-state index is -0.358. The first-order chi connectivity index (χ1) is 7.84. The van der Waals surface area contributed by atoms with E-state index in [1.807, 2.05) is 30.0 Å². The number of carbonyl (C=O) groups is 1. The van der Waals surface area contributed by atoms with E-state index in [-0.39, 0.29) is 6.09 Å². The average molecular weight is 237 g/mol. The van der Waals surface area contributed by atoms with Gasteiger partial charge in [0, 0.05) is 6.54 Å². The van der Waals surface area contributed by atoms with E-state index in [0.29, 0.717) is 11.7 Å². The minimum Gasteiger partial charge on any atom is -0.410 e. The van der Waals surface area contributed by atoms with Gasteiger partial charge >= 0.3 is 6.09 Å². The van der Waals surface area contributed by atoms with Gasteiger partial charge in [-0.2, -0.15) is 11.8 Å². The van der Waals surface area contributed by atoms with Crippen LogP contribution in [0.3, 0.4) is 0 Å². The van der Waals surface area contributed by atoms with Crippen molar-refractivity contribution in [2.24, 2.45) is 5.92 Å². The van der Waals surface area contributed by atoms with E-state index in [2.05, 4.69) is 5.32 Å². The van der Waals surface area contributed by atoms with Crippen LogP contribution in [0.5, 0.6) is 5.75 Å². The Balaban J connectivity index is 1.72. The van der Waals surface area contributed by atoms with E-state index in [1.165, 1.54) is 12.2 Å². The summed E-state index contributed by atoms with van der Waals surface area (Å²) >= 11 is 1.95. The number of para-hydroxylation sites is 1. The normalized spacial score (nSPS) is 19.4. The van der Waals surface area contributed by atoms with E-state index in [1.54, 1.807) is 12.1 Å². The summed E-state index contributed by atoms with van der Waals surface area (Å²) in [4.78, 5) is 11.4. The largest absolute Gasteiger partial charge is 0.412 e. The number of amides is 1. The number of hydrogen-bond donors (Lipinski definition) is 1. The molecule has 2 rings (SSSR count). The van der Waals surface area contributed by atoms with E-state index in [4.69, 9.17) is 4.74 Å². The molecule has 4 heteroatoms. The predicted molar refractivity (Wildman–Crippen MR) is 65.9 cm³/mol. The van der Waals surface area contributed by atoms with Gasteiger partial charge in [-0.05, 0) is 36.0 Å². The summed E-state index contributed by atoms with van der Waals surface area (Å²) in [5.41, 5.74) is 0. The van der Waals surface area contributed by atoms with Crippen LogP contribution in [0.15, 0.2) is 30.3 Å². The first-order valence-electron chi connectivity index (χ1n) is 5.43. The molecule has 1 aliphatic rings. The van der Waals surface area contributed by atoms with Gasteiger partial charge in [-0.1, -0.05) is 18.2 Å². The Hall–Kier alpha value is -1.16. The van der Waals surface area contributed by atoms with Gasteiger partial charge in [0.05, 0.1) is 0 Å². The molecule has 1 unspecified atom stereocenters. The van der Waals surface area contributed by atoms with Crippen LogP contribution in [0.2, 0.25) is 0 Å². The van der Waals surface area contributed by atoms with Gasteiger partial charge in [0.25, 0.3) is 0 Å². The summed E-state index contributed by atoms with van der Waals surface area (Å²) < 4.78 is 5.12. The zero-order chi connectivity index (χ0) is 11.2. The van der Waals surface area contributed by atoms with E-state index < -0.39 is 0 Å². The van der Waals surface area contributed by atoms with Crippen molar-refractivity contribution in [3.8, 4) is 5.75 Å². The topological polar surface area (TPSA) is 38.3 Å². The molecule has 1 amide bonds. The van der Waals surface area contributed by atoms with Crippen molar-refractivity contribution in [3.05, 3.63) is 30.3 Å². The molecule has 0 bridgehead atoms. The summed E-state index contributed by atoms with van der Waals surface area (Å²) in [6.45, 7) is 0.721. The second-order valence-corrected chi connectivity index (χ2v) is 4.96. The zero-order valence-corrected chi connectivity index (χ0v) is 9.83. The summed E-state index contributed by atoms with van der Waals surface area (Å²) in [6.07, 6.45) is 0.833. The van der Waals surface area contributed by atoms with Crippen LogP contribution < -0.4 is 10.1 Å². The van der Waals surface area contributed by atoms with E-state index >= 15 is 0 Å². The highest BCUT2D eigenvalue weighted by Gasteiger charge is 2.16. The lowest BCUT2D eigenvalue weighted by Gasteiger charge is -2.10. The molecule has 3 nitrogen and oxygen atoms in total. The maximum absolute atomic E-state index is 11.4. The van der Waals surface area contributed by atoms with E-state index in [0.717, 1.165) is 12.3 Å². The average Bonchev–Trinajstić information content (AvgIpc) is 2.81. The van der Waals surface area contributed by atoms with Gasteiger partial charge in [-0.15, -0.1) is 0 Å². The van der Waals surface area contributed by atoms with Crippen LogP contribution in [-0.2, 0) is 0 Å². The second-order valence-electron chi connectivity index (χ2n) is 3.81. The predicted octanol–water partition coefficient (Wildman–Crippen LogP) is 2.53. The highest BCUT2D eigenvalue weighted by atomic mass is 32.2. The molecule has 1 atom stereocenters. The van der Waals surface area contributed by atoms with Crippen molar-refractivity contribution in [2.45, 2.75) is 6.42 Å². The van der Waals surface area contributed by atoms with Crippen molar-refractivity contribution >= 4 is 17.9 Å². The number of ether oxygens (including phenoxy) is 1. The molecule has 1 aromatic carbocycles. The standard InChI is InChI=1S/C12H15NO2S/c14-12(13-8-10-6-7-16-9-10)15-11-4-2-1-3-5-11/h1-5,10H,6-9H2,(H,13,14). The quantitative estimate of drug-likeness (QED) is 0.878. The molecular weight excluding hydrogens is 222 g/mol. The highest BCUT2D eigenvalue weighted by molar-refractivity contribution is 7.99. The first-order valence-corrected chi connectivity index (χ1v) is 6.58. The molecule has 1 N–H and O–H groups in total. The van der Waals surface area contributed by atoms with Gasteiger partial charge < -0.3 is 10.1 Å². The van der Waals surface area contributed by atoms with Crippen LogP contribution in [0.1, 0.15) is 6.42 Å². The van der Waals surface area contributed by atoms with Gasteiger partial charge in [0.15, 0.2) is 0 Å². The van der Waals surface area contributed by atoms with Crippen LogP contribution in [0, 0.1) is 5.92 Å². The molecule has 1 aromatic rings. The smallest absolute Gasteiger partial charge is 0.410 e. The Kier molecular flexibility index (Phi) is 4.10. The number of nitrogens with one attached hydrogen (secondary N) is 1. The third-order valence-electron chi connectivity index (χ3n) is 2.51. The molecule has 0 spiro atoms. The highest BCUT2D eigenvalue weighted by Crippen LogP contribution is 2.22. The molecule has 86 valence electrons. The number of thioether (sulfide) groups is 1. The summed E-state index contributed by atoms with van der Waals surface area (Å²) in [7, 11) is 0. The lowest BCUT2D eigenvalue weighted by molar-refractivity contribution is 0.199. The number of carbonyl (C=O) groups excluding carboxylic acids is 1. The van der Waals surface area contributed by atoms with Crippen LogP contribution in [-0.4, -0.2) is 24.1 Å². The molecule has 1 heterocycles. The third kappa shape index (κ3) is 3.45. The van der Waals surface area contributed by atoms with Crippen molar-refractivity contribution in [2.75, 3.05) is 18.1 Å². The van der Waals surface area contributed by atoms with Crippen LogP contribution >= 0.6 is 11.8 Å². The van der Waals surface area contributed by atoms with Crippen molar-refractivity contribution < 1.29 is 9.53 Å². The Morgan fingerprint density at radius 1 is 1.44 bits per heavy atom. The first kappa shape index (κ1) is 11.3. The van der Waals surface area contributed by atoms with Gasteiger partial charge in [0.1, 0.15) is 5.75 Å². The molecular formula is C12H15NO2S. The number of benzene rings is 1. The summed E-state index contributed by atoms with van der Waals surface area (Å²) in [6, 6.07) is 9.11. The second kappa shape index (κ2) is 5.80. The Morgan fingerprint density at radius 3 is 2.94 bits per heavy atom. The van der Waals surface area contributed by atoms with Gasteiger partial charge in [-0.25, -0.2) is 4.79 Å². The van der Waals surface area contributed by atoms with E-state index in [9.17, 15) is 4.79 Å². The fourth-order valence-corrected chi connectivity index (χ4v) is 2.89. The fraction of sp³-hybridized carbons (Fsp3) is 0.417. The van der Waals surface area contributed by atoms with Crippen molar-refractivity contribution in [1.82, 2.24) is 5.32 Å². The molecule has 1 fully saturated rings. The lowest BCUT2D eigenvalue weighted by atomic mass is 10.1. The Morgan fingerprint density at radius 2 is 2.25 bits per heavy atom. The minimum absolute atomic E-state index is 0.358. The Bertz CT molecular complexity index is 336. The SMILES string of the molecule is O=C(NCC1CCSC1)Oc1ccccc1. The Labute approximate surface area is 99.6 Å². The monoisotopic (exact) mass is 237 g/mol. The summed E-state index contributed by atoms with van der Waals surface area (Å²) in [5, 5.41) is 2.80. The number of hydrogen-bond acceptors (Lipinski definition) is 3. The molecule has 0 aliphatic carbocycles. The molecule has 16 heavy (non-hydrogen) atoms. The van der Waals surface area contributed by atoms with Crippen LogP contribution in [0.25, 0.3) is 0 Å². The number of rotatable bonds is 3. The molecule has 0 aromatic heterocycles. The summed E-state index contributed by atoms with van der Waals surface area (Å²) in [5.74, 6) is 3.54. The van der Waals surface area contributed by atoms with Crippen molar-refractivity contribution in [3.63, 3.8) is 0 Å². The van der Waals surface area contributed by atoms with Gasteiger partial charge in [-0.3, -0.25) is 0 Å². The molecule has 1 aliphatic heterocycles.